The van der Waals surface area contributed by atoms with Gasteiger partial charge in [-0.05, 0) is 12.5 Å². The largest absolute Gasteiger partial charge is 0.454 e. The van der Waals surface area contributed by atoms with E-state index in [0.29, 0.717) is 42.3 Å². The Morgan fingerprint density at radius 3 is 2.86 bits per heavy atom. The highest BCUT2D eigenvalue weighted by molar-refractivity contribution is 6.02. The van der Waals surface area contributed by atoms with Gasteiger partial charge < -0.3 is 25.4 Å². The zero-order chi connectivity index (χ0) is 15.0. The molecule has 3 N–H and O–H groups in total. The van der Waals surface area contributed by atoms with Crippen LogP contribution in [0.3, 0.4) is 0 Å². The first kappa shape index (κ1) is 13.5. The molecule has 21 heavy (non-hydrogen) atoms. The molecule has 0 radical (unpaired) electrons. The Bertz CT molecular complexity index is 602. The molecule has 1 aromatic rings. The molecule has 1 unspecified atom stereocenters. The number of nitrogen functional groups attached to an aromatic ring is 1. The van der Waals surface area contributed by atoms with E-state index in [1.807, 2.05) is 6.92 Å². The monoisotopic (exact) mass is 291 g/mol. The Morgan fingerprint density at radius 2 is 2.14 bits per heavy atom. The van der Waals surface area contributed by atoms with Gasteiger partial charge in [-0.1, -0.05) is 6.92 Å². The predicted octanol–water partition coefficient (Wildman–Crippen LogP) is 0.348. The molecule has 2 aliphatic heterocycles. The molecule has 1 aromatic carbocycles. The Balaban J connectivity index is 1.93. The van der Waals surface area contributed by atoms with Gasteiger partial charge in [-0.3, -0.25) is 9.59 Å². The van der Waals surface area contributed by atoms with Crippen molar-refractivity contribution in [2.24, 2.45) is 0 Å². The summed E-state index contributed by atoms with van der Waals surface area (Å²) in [5.74, 6) is 0.651. The third-order valence-corrected chi connectivity index (χ3v) is 3.75. The third-order valence-electron chi connectivity index (χ3n) is 3.75. The molecule has 2 aliphatic rings. The van der Waals surface area contributed by atoms with Crippen molar-refractivity contribution in [1.29, 1.82) is 0 Å². The second-order valence-corrected chi connectivity index (χ2v) is 5.01. The summed E-state index contributed by atoms with van der Waals surface area (Å²) in [6.45, 7) is 2.91. The molecule has 0 spiro atoms. The molecular weight excluding hydrogens is 274 g/mol. The van der Waals surface area contributed by atoms with E-state index in [1.165, 1.54) is 0 Å². The fourth-order valence-corrected chi connectivity index (χ4v) is 2.66. The maximum Gasteiger partial charge on any atom is 0.256 e. The van der Waals surface area contributed by atoms with Gasteiger partial charge in [-0.15, -0.1) is 0 Å². The van der Waals surface area contributed by atoms with Crippen molar-refractivity contribution in [3.63, 3.8) is 0 Å². The summed E-state index contributed by atoms with van der Waals surface area (Å²) in [5.41, 5.74) is 6.60. The number of piperazine rings is 1. The molecule has 0 aromatic heterocycles. The van der Waals surface area contributed by atoms with Crippen LogP contribution in [0.2, 0.25) is 0 Å². The predicted molar refractivity (Wildman–Crippen MR) is 75.1 cm³/mol. The summed E-state index contributed by atoms with van der Waals surface area (Å²) in [7, 11) is 0. The van der Waals surface area contributed by atoms with Crippen LogP contribution in [-0.2, 0) is 4.79 Å². The molecule has 1 saturated heterocycles. The molecule has 2 amide bonds. The van der Waals surface area contributed by atoms with E-state index in [2.05, 4.69) is 5.32 Å². The lowest BCUT2D eigenvalue weighted by molar-refractivity contribution is -0.127. The lowest BCUT2D eigenvalue weighted by atomic mass is 10.1. The van der Waals surface area contributed by atoms with Gasteiger partial charge in [-0.25, -0.2) is 0 Å². The molecule has 0 bridgehead atoms. The standard InChI is InChI=1S/C14H17N3O4/c1-2-10-13(18)16-3-4-17(10)14(19)8-5-11-12(6-9(8)15)21-7-20-11/h5-6,10H,2-4,7,15H2,1H3,(H,16,18). The van der Waals surface area contributed by atoms with E-state index < -0.39 is 6.04 Å². The van der Waals surface area contributed by atoms with E-state index >= 15 is 0 Å². The maximum absolute atomic E-state index is 12.7. The van der Waals surface area contributed by atoms with E-state index in [-0.39, 0.29) is 18.6 Å². The first-order chi connectivity index (χ1) is 10.1. The smallest absolute Gasteiger partial charge is 0.256 e. The first-order valence-corrected chi connectivity index (χ1v) is 6.89. The topological polar surface area (TPSA) is 93.9 Å². The van der Waals surface area contributed by atoms with Crippen LogP contribution in [-0.4, -0.2) is 42.6 Å². The van der Waals surface area contributed by atoms with Gasteiger partial charge >= 0.3 is 0 Å². The number of hydrogen-bond donors (Lipinski definition) is 2. The molecule has 7 nitrogen and oxygen atoms in total. The fraction of sp³-hybridized carbons (Fsp3) is 0.429. The van der Waals surface area contributed by atoms with Crippen LogP contribution < -0.4 is 20.5 Å². The van der Waals surface area contributed by atoms with E-state index in [4.69, 9.17) is 15.2 Å². The van der Waals surface area contributed by atoms with Crippen molar-refractivity contribution < 1.29 is 19.1 Å². The number of nitrogens with two attached hydrogens (primary N) is 1. The number of hydrogen-bond acceptors (Lipinski definition) is 5. The van der Waals surface area contributed by atoms with Crippen LogP contribution in [0.1, 0.15) is 23.7 Å². The molecule has 3 rings (SSSR count). The van der Waals surface area contributed by atoms with Crippen molar-refractivity contribution in [3.8, 4) is 11.5 Å². The Kier molecular flexibility index (Phi) is 3.32. The minimum absolute atomic E-state index is 0.121. The first-order valence-electron chi connectivity index (χ1n) is 6.89. The Hall–Kier alpha value is -2.44. The average molecular weight is 291 g/mol. The van der Waals surface area contributed by atoms with Gasteiger partial charge in [-0.2, -0.15) is 0 Å². The van der Waals surface area contributed by atoms with Gasteiger partial charge in [0.25, 0.3) is 5.91 Å². The molecule has 0 aliphatic carbocycles. The van der Waals surface area contributed by atoms with Gasteiger partial charge in [0.15, 0.2) is 11.5 Å². The van der Waals surface area contributed by atoms with Crippen molar-refractivity contribution in [2.45, 2.75) is 19.4 Å². The van der Waals surface area contributed by atoms with E-state index in [1.54, 1.807) is 17.0 Å². The zero-order valence-corrected chi connectivity index (χ0v) is 11.7. The van der Waals surface area contributed by atoms with Crippen molar-refractivity contribution in [3.05, 3.63) is 17.7 Å². The second-order valence-electron chi connectivity index (χ2n) is 5.01. The highest BCUT2D eigenvalue weighted by Gasteiger charge is 2.33. The summed E-state index contributed by atoms with van der Waals surface area (Å²) < 4.78 is 10.5. The molecule has 1 atom stereocenters. The molecular formula is C14H17N3O4. The number of nitrogens with zero attached hydrogens (tertiary/aromatic N) is 1. The number of fused-ring (bicyclic) bond motifs is 1. The number of carbonyl (C=O) groups is 2. The van der Waals surface area contributed by atoms with Crippen LogP contribution in [0.25, 0.3) is 0 Å². The van der Waals surface area contributed by atoms with Crippen LogP contribution in [0.5, 0.6) is 11.5 Å². The van der Waals surface area contributed by atoms with Crippen molar-refractivity contribution in [1.82, 2.24) is 10.2 Å². The summed E-state index contributed by atoms with van der Waals surface area (Å²) >= 11 is 0. The average Bonchev–Trinajstić information content (AvgIpc) is 2.92. The summed E-state index contributed by atoms with van der Waals surface area (Å²) in [6.07, 6.45) is 0.558. The lowest BCUT2D eigenvalue weighted by Gasteiger charge is -2.34. The number of carbonyl (C=O) groups excluding carboxylic acids is 2. The van der Waals surface area contributed by atoms with E-state index in [9.17, 15) is 9.59 Å². The molecule has 112 valence electrons. The Morgan fingerprint density at radius 1 is 1.43 bits per heavy atom. The fourth-order valence-electron chi connectivity index (χ4n) is 2.66. The quantitative estimate of drug-likeness (QED) is 0.767. The minimum Gasteiger partial charge on any atom is -0.454 e. The molecule has 7 heteroatoms. The number of ether oxygens (including phenoxy) is 2. The van der Waals surface area contributed by atoms with Crippen LogP contribution in [0, 0.1) is 0 Å². The van der Waals surface area contributed by atoms with Gasteiger partial charge in [0, 0.05) is 24.8 Å². The highest BCUT2D eigenvalue weighted by Crippen LogP contribution is 2.36. The molecule has 0 saturated carbocycles. The number of rotatable bonds is 2. The van der Waals surface area contributed by atoms with Crippen molar-refractivity contribution in [2.75, 3.05) is 25.6 Å². The van der Waals surface area contributed by atoms with Gasteiger partial charge in [0.2, 0.25) is 12.7 Å². The van der Waals surface area contributed by atoms with Crippen molar-refractivity contribution >= 4 is 17.5 Å². The summed E-state index contributed by atoms with van der Waals surface area (Å²) in [6, 6.07) is 2.70. The summed E-state index contributed by atoms with van der Waals surface area (Å²) in [5, 5.41) is 2.77. The third kappa shape index (κ3) is 2.24. The highest BCUT2D eigenvalue weighted by atomic mass is 16.7. The maximum atomic E-state index is 12.7. The van der Waals surface area contributed by atoms with Crippen LogP contribution >= 0.6 is 0 Å². The summed E-state index contributed by atoms with van der Waals surface area (Å²) in [4.78, 5) is 26.1. The second kappa shape index (κ2) is 5.16. The SMILES string of the molecule is CCC1C(=O)NCCN1C(=O)c1cc2c(cc1N)OCO2. The lowest BCUT2D eigenvalue weighted by Crippen LogP contribution is -2.56. The number of anilines is 1. The minimum atomic E-state index is -0.462. The molecule has 1 fully saturated rings. The normalized spacial score (nSPS) is 20.3. The van der Waals surface area contributed by atoms with E-state index in [0.717, 1.165) is 0 Å². The number of amides is 2. The van der Waals surface area contributed by atoms with Crippen LogP contribution in [0.4, 0.5) is 5.69 Å². The van der Waals surface area contributed by atoms with Gasteiger partial charge in [0.05, 0.1) is 5.56 Å². The number of nitrogens with one attached hydrogen (secondary N) is 1. The van der Waals surface area contributed by atoms with Gasteiger partial charge in [0.1, 0.15) is 6.04 Å². The molecule has 2 heterocycles. The zero-order valence-electron chi connectivity index (χ0n) is 11.7. The van der Waals surface area contributed by atoms with Crippen LogP contribution in [0.15, 0.2) is 12.1 Å². The Labute approximate surface area is 122 Å². The number of benzene rings is 1.